The third-order valence-electron chi connectivity index (χ3n) is 1.43. The van der Waals surface area contributed by atoms with Crippen LogP contribution in [0, 0.1) is 5.82 Å². The summed E-state index contributed by atoms with van der Waals surface area (Å²) in [5, 5.41) is 8.70. The van der Waals surface area contributed by atoms with Crippen molar-refractivity contribution in [2.45, 2.75) is 6.42 Å². The van der Waals surface area contributed by atoms with E-state index in [1.807, 2.05) is 0 Å². The SMILES string of the molecule is O=C(O)Cc1c(F)cc(Cl)cc1Br. The fraction of sp³-hybridized carbons (Fsp3) is 0.125. The molecule has 0 atom stereocenters. The van der Waals surface area contributed by atoms with E-state index in [0.717, 1.165) is 6.07 Å². The van der Waals surface area contributed by atoms with Crippen LogP contribution < -0.4 is 0 Å². The molecule has 1 rings (SSSR count). The molecule has 70 valence electrons. The largest absolute Gasteiger partial charge is 0.481 e. The Labute approximate surface area is 87.5 Å². The molecule has 0 heterocycles. The molecule has 0 aliphatic heterocycles. The molecule has 13 heavy (non-hydrogen) atoms. The van der Waals surface area contributed by atoms with Gasteiger partial charge in [0.2, 0.25) is 0 Å². The number of halogens is 3. The molecule has 0 bridgehead atoms. The monoisotopic (exact) mass is 266 g/mol. The molecule has 0 radical (unpaired) electrons. The Bertz CT molecular complexity index is 331. The lowest BCUT2D eigenvalue weighted by Crippen LogP contribution is -2.03. The molecule has 2 nitrogen and oxygen atoms in total. The quantitative estimate of drug-likeness (QED) is 0.894. The van der Waals surface area contributed by atoms with Crippen molar-refractivity contribution in [3.63, 3.8) is 0 Å². The summed E-state index contributed by atoms with van der Waals surface area (Å²) >= 11 is 8.58. The topological polar surface area (TPSA) is 37.3 Å². The number of carboxylic acid groups (broad SMARTS) is 1. The summed E-state index contributed by atoms with van der Waals surface area (Å²) in [5.74, 6) is -1.69. The average molecular weight is 267 g/mol. The van der Waals surface area contributed by atoms with Crippen LogP contribution in [-0.2, 0) is 11.2 Å². The second-order valence-electron chi connectivity index (χ2n) is 2.42. The van der Waals surface area contributed by atoms with E-state index in [4.69, 9.17) is 16.7 Å². The first-order chi connectivity index (χ1) is 6.00. The van der Waals surface area contributed by atoms with Gasteiger partial charge in [0, 0.05) is 15.1 Å². The molecule has 0 fully saturated rings. The van der Waals surface area contributed by atoms with Crippen molar-refractivity contribution in [3.05, 3.63) is 33.0 Å². The lowest BCUT2D eigenvalue weighted by molar-refractivity contribution is -0.136. The molecule has 0 aliphatic rings. The lowest BCUT2D eigenvalue weighted by atomic mass is 10.1. The van der Waals surface area contributed by atoms with Crippen LogP contribution in [0.25, 0.3) is 0 Å². The highest BCUT2D eigenvalue weighted by molar-refractivity contribution is 9.10. The zero-order valence-corrected chi connectivity index (χ0v) is 8.69. The second kappa shape index (κ2) is 4.07. The molecular weight excluding hydrogens is 262 g/mol. The third-order valence-corrected chi connectivity index (χ3v) is 2.36. The van der Waals surface area contributed by atoms with Gasteiger partial charge in [-0.1, -0.05) is 27.5 Å². The number of rotatable bonds is 2. The van der Waals surface area contributed by atoms with Gasteiger partial charge in [-0.05, 0) is 12.1 Å². The van der Waals surface area contributed by atoms with Crippen LogP contribution in [0.3, 0.4) is 0 Å². The van der Waals surface area contributed by atoms with Gasteiger partial charge in [0.15, 0.2) is 0 Å². The van der Waals surface area contributed by atoms with Crippen LogP contribution in [0.5, 0.6) is 0 Å². The van der Waals surface area contributed by atoms with Gasteiger partial charge in [0.25, 0.3) is 0 Å². The van der Waals surface area contributed by atoms with Crippen LogP contribution in [-0.4, -0.2) is 11.1 Å². The van der Waals surface area contributed by atoms with Crippen molar-refractivity contribution in [2.24, 2.45) is 0 Å². The molecule has 0 unspecified atom stereocenters. The van der Waals surface area contributed by atoms with Crippen molar-refractivity contribution in [3.8, 4) is 0 Å². The number of hydrogen-bond donors (Lipinski definition) is 1. The van der Waals surface area contributed by atoms with Crippen LogP contribution in [0.1, 0.15) is 5.56 Å². The summed E-state index contributed by atoms with van der Waals surface area (Å²) in [7, 11) is 0. The van der Waals surface area contributed by atoms with Gasteiger partial charge in [-0.15, -0.1) is 0 Å². The number of aliphatic carboxylic acids is 1. The summed E-state index contributed by atoms with van der Waals surface area (Å²) in [5.41, 5.74) is 0.108. The number of carbonyl (C=O) groups is 1. The van der Waals surface area contributed by atoms with E-state index in [-0.39, 0.29) is 17.0 Å². The van der Waals surface area contributed by atoms with E-state index in [9.17, 15) is 9.18 Å². The molecule has 0 amide bonds. The highest BCUT2D eigenvalue weighted by Gasteiger charge is 2.11. The Morgan fingerprint density at radius 1 is 1.62 bits per heavy atom. The summed E-state index contributed by atoms with van der Waals surface area (Å²) in [6.45, 7) is 0. The van der Waals surface area contributed by atoms with Gasteiger partial charge < -0.3 is 5.11 Å². The average Bonchev–Trinajstić information content (AvgIpc) is 1.96. The van der Waals surface area contributed by atoms with Crippen LogP contribution in [0.2, 0.25) is 5.02 Å². The summed E-state index contributed by atoms with van der Waals surface area (Å²) in [6.07, 6.45) is -0.358. The van der Waals surface area contributed by atoms with Gasteiger partial charge in [-0.2, -0.15) is 0 Å². The van der Waals surface area contributed by atoms with E-state index in [1.165, 1.54) is 6.07 Å². The standard InChI is InChI=1S/C8H5BrClFO2/c9-6-1-4(10)2-7(11)5(6)3-8(12)13/h1-2H,3H2,(H,12,13). The van der Waals surface area contributed by atoms with Crippen molar-refractivity contribution >= 4 is 33.5 Å². The zero-order valence-electron chi connectivity index (χ0n) is 6.35. The lowest BCUT2D eigenvalue weighted by Gasteiger charge is -2.03. The van der Waals surface area contributed by atoms with Crippen molar-refractivity contribution in [1.29, 1.82) is 0 Å². The van der Waals surface area contributed by atoms with Gasteiger partial charge in [0.05, 0.1) is 6.42 Å². The molecule has 1 aromatic carbocycles. The molecular formula is C8H5BrClFO2. The predicted molar refractivity (Wildman–Crippen MR) is 50.4 cm³/mol. The maximum absolute atomic E-state index is 13.1. The van der Waals surface area contributed by atoms with Crippen LogP contribution in [0.15, 0.2) is 16.6 Å². The Kier molecular flexibility index (Phi) is 3.27. The first kappa shape index (κ1) is 10.5. The second-order valence-corrected chi connectivity index (χ2v) is 3.71. The highest BCUT2D eigenvalue weighted by atomic mass is 79.9. The van der Waals surface area contributed by atoms with Crippen molar-refractivity contribution < 1.29 is 14.3 Å². The Morgan fingerprint density at radius 3 is 2.69 bits per heavy atom. The maximum Gasteiger partial charge on any atom is 0.307 e. The minimum Gasteiger partial charge on any atom is -0.481 e. The van der Waals surface area contributed by atoms with Gasteiger partial charge in [0.1, 0.15) is 5.82 Å². The highest BCUT2D eigenvalue weighted by Crippen LogP contribution is 2.25. The van der Waals surface area contributed by atoms with Gasteiger partial charge in [-0.25, -0.2) is 4.39 Å². The molecule has 0 aromatic heterocycles. The van der Waals surface area contributed by atoms with E-state index < -0.39 is 11.8 Å². The normalized spacial score (nSPS) is 10.1. The molecule has 0 saturated heterocycles. The molecule has 0 saturated carbocycles. The first-order valence-electron chi connectivity index (χ1n) is 3.36. The van der Waals surface area contributed by atoms with Crippen LogP contribution >= 0.6 is 27.5 Å². The summed E-state index contributed by atoms with van der Waals surface area (Å²) in [4.78, 5) is 10.3. The molecule has 5 heteroatoms. The maximum atomic E-state index is 13.1. The van der Waals surface area contributed by atoms with Gasteiger partial charge in [-0.3, -0.25) is 4.79 Å². The molecule has 1 aromatic rings. The van der Waals surface area contributed by atoms with Gasteiger partial charge >= 0.3 is 5.97 Å². The smallest absolute Gasteiger partial charge is 0.307 e. The zero-order chi connectivity index (χ0) is 10.0. The number of carboxylic acids is 1. The Morgan fingerprint density at radius 2 is 2.23 bits per heavy atom. The van der Waals surface area contributed by atoms with E-state index in [2.05, 4.69) is 15.9 Å². The number of benzene rings is 1. The predicted octanol–water partition coefficient (Wildman–Crippen LogP) is 2.87. The minimum absolute atomic E-state index is 0.108. The fourth-order valence-electron chi connectivity index (χ4n) is 0.892. The van der Waals surface area contributed by atoms with E-state index >= 15 is 0 Å². The summed E-state index contributed by atoms with van der Waals surface area (Å²) < 4.78 is 13.5. The third kappa shape index (κ3) is 2.67. The van der Waals surface area contributed by atoms with Crippen LogP contribution in [0.4, 0.5) is 4.39 Å². The Balaban J connectivity index is 3.13. The fourth-order valence-corrected chi connectivity index (χ4v) is 1.81. The van der Waals surface area contributed by atoms with Crippen molar-refractivity contribution in [2.75, 3.05) is 0 Å². The number of hydrogen-bond acceptors (Lipinski definition) is 1. The minimum atomic E-state index is -1.08. The molecule has 0 aliphatic carbocycles. The van der Waals surface area contributed by atoms with E-state index in [1.54, 1.807) is 0 Å². The summed E-state index contributed by atoms with van der Waals surface area (Å²) in [6, 6.07) is 2.55. The first-order valence-corrected chi connectivity index (χ1v) is 4.53. The van der Waals surface area contributed by atoms with Crippen molar-refractivity contribution in [1.82, 2.24) is 0 Å². The van der Waals surface area contributed by atoms with E-state index in [0.29, 0.717) is 4.47 Å². The molecule has 0 spiro atoms. The molecule has 1 N–H and O–H groups in total. The Hall–Kier alpha value is -0.610.